The van der Waals surface area contributed by atoms with Crippen molar-refractivity contribution >= 4 is 15.5 Å². The van der Waals surface area contributed by atoms with Crippen molar-refractivity contribution in [3.63, 3.8) is 0 Å². The van der Waals surface area contributed by atoms with Crippen LogP contribution in [-0.2, 0) is 16.3 Å². The van der Waals surface area contributed by atoms with E-state index in [2.05, 4.69) is 24.4 Å². The lowest BCUT2D eigenvalue weighted by molar-refractivity contribution is 0.598. The number of rotatable bonds is 4. The van der Waals surface area contributed by atoms with Gasteiger partial charge in [0, 0.05) is 5.69 Å². The number of anilines is 1. The van der Waals surface area contributed by atoms with E-state index < -0.39 is 9.84 Å². The molecule has 1 N–H and O–H groups in total. The number of sulfone groups is 1. The number of nitrogens with one attached hydrogen (secondary N) is 1. The van der Waals surface area contributed by atoms with E-state index in [9.17, 15) is 8.42 Å². The molecule has 1 aliphatic heterocycles. The third-order valence-electron chi connectivity index (χ3n) is 3.85. The van der Waals surface area contributed by atoms with E-state index in [1.807, 2.05) is 24.3 Å². The maximum absolute atomic E-state index is 12.2. The van der Waals surface area contributed by atoms with Gasteiger partial charge in [-0.3, -0.25) is 0 Å². The summed E-state index contributed by atoms with van der Waals surface area (Å²) in [6.07, 6.45) is 2.20. The summed E-state index contributed by atoms with van der Waals surface area (Å²) < 4.78 is 24.3. The second-order valence-electron chi connectivity index (χ2n) is 5.46. The van der Waals surface area contributed by atoms with Crippen molar-refractivity contribution in [2.45, 2.75) is 30.7 Å². The summed E-state index contributed by atoms with van der Waals surface area (Å²) in [4.78, 5) is 0.463. The molecule has 0 radical (unpaired) electrons. The Bertz CT molecular complexity index is 736. The van der Waals surface area contributed by atoms with Crippen molar-refractivity contribution in [2.75, 3.05) is 11.1 Å². The van der Waals surface area contributed by atoms with Gasteiger partial charge in [-0.05, 0) is 35.7 Å². The summed E-state index contributed by atoms with van der Waals surface area (Å²) in [5, 5.41) is 3.34. The topological polar surface area (TPSA) is 46.2 Å². The van der Waals surface area contributed by atoms with Gasteiger partial charge < -0.3 is 5.32 Å². The maximum atomic E-state index is 12.2. The highest BCUT2D eigenvalue weighted by atomic mass is 32.2. The summed E-state index contributed by atoms with van der Waals surface area (Å²) in [5.41, 5.74) is 3.14. The lowest BCUT2D eigenvalue weighted by Gasteiger charge is -2.14. The zero-order valence-electron chi connectivity index (χ0n) is 12.0. The Kier molecular flexibility index (Phi) is 3.72. The quantitative estimate of drug-likeness (QED) is 0.939. The fourth-order valence-electron chi connectivity index (χ4n) is 2.83. The van der Waals surface area contributed by atoms with E-state index in [0.29, 0.717) is 4.90 Å². The van der Waals surface area contributed by atoms with Crippen LogP contribution in [0.1, 0.15) is 30.5 Å². The average molecular weight is 301 g/mol. The Balaban J connectivity index is 1.83. The van der Waals surface area contributed by atoms with Gasteiger partial charge in [0.15, 0.2) is 9.84 Å². The maximum Gasteiger partial charge on any atom is 0.181 e. The molecular weight excluding hydrogens is 282 g/mol. The highest BCUT2D eigenvalue weighted by Gasteiger charge is 2.34. The van der Waals surface area contributed by atoms with Gasteiger partial charge in [-0.2, -0.15) is 0 Å². The van der Waals surface area contributed by atoms with Crippen molar-refractivity contribution in [3.8, 4) is 0 Å². The highest BCUT2D eigenvalue weighted by molar-refractivity contribution is 7.91. The Labute approximate surface area is 125 Å². The minimum absolute atomic E-state index is 0.128. The van der Waals surface area contributed by atoms with Crippen LogP contribution in [0, 0.1) is 0 Å². The van der Waals surface area contributed by atoms with Gasteiger partial charge in [0.25, 0.3) is 0 Å². The first-order chi connectivity index (χ1) is 10.1. The second kappa shape index (κ2) is 5.53. The van der Waals surface area contributed by atoms with Gasteiger partial charge in [-0.25, -0.2) is 8.42 Å². The fraction of sp³-hybridized carbons (Fsp3) is 0.294. The van der Waals surface area contributed by atoms with Crippen molar-refractivity contribution < 1.29 is 8.42 Å². The summed E-state index contributed by atoms with van der Waals surface area (Å²) in [6.45, 7) is 2.16. The third kappa shape index (κ3) is 2.81. The van der Waals surface area contributed by atoms with Crippen LogP contribution < -0.4 is 5.32 Å². The third-order valence-corrected chi connectivity index (χ3v) is 5.66. The normalized spacial score (nSPS) is 19.2. The van der Waals surface area contributed by atoms with E-state index in [1.165, 1.54) is 5.56 Å². The lowest BCUT2D eigenvalue weighted by atomic mass is 10.1. The molecule has 3 nitrogen and oxygen atoms in total. The van der Waals surface area contributed by atoms with Crippen molar-refractivity contribution in [2.24, 2.45) is 0 Å². The molecule has 4 heteroatoms. The molecule has 0 fully saturated rings. The number of fused-ring (bicyclic) bond motifs is 1. The van der Waals surface area contributed by atoms with E-state index in [-0.39, 0.29) is 11.8 Å². The van der Waals surface area contributed by atoms with Gasteiger partial charge in [-0.1, -0.05) is 43.7 Å². The molecule has 21 heavy (non-hydrogen) atoms. The molecule has 1 atom stereocenters. The molecule has 0 aromatic heterocycles. The molecule has 0 saturated heterocycles. The van der Waals surface area contributed by atoms with Crippen LogP contribution in [-0.4, -0.2) is 14.2 Å². The van der Waals surface area contributed by atoms with Crippen molar-refractivity contribution in [1.82, 2.24) is 0 Å². The molecule has 0 saturated carbocycles. The Morgan fingerprint density at radius 3 is 2.52 bits per heavy atom. The van der Waals surface area contributed by atoms with Gasteiger partial charge >= 0.3 is 0 Å². The summed E-state index contributed by atoms with van der Waals surface area (Å²) in [7, 11) is -3.15. The van der Waals surface area contributed by atoms with E-state index in [1.54, 1.807) is 12.1 Å². The first-order valence-electron chi connectivity index (χ1n) is 7.27. The van der Waals surface area contributed by atoms with Crippen LogP contribution in [0.3, 0.4) is 0 Å². The van der Waals surface area contributed by atoms with Crippen molar-refractivity contribution in [1.29, 1.82) is 0 Å². The minimum Gasteiger partial charge on any atom is -0.377 e. The minimum atomic E-state index is -3.15. The van der Waals surface area contributed by atoms with E-state index >= 15 is 0 Å². The SMILES string of the molecule is CCCc1ccc(NC2CS(=O)(=O)c3ccccc32)cc1. The second-order valence-corrected chi connectivity index (χ2v) is 7.47. The van der Waals surface area contributed by atoms with E-state index in [4.69, 9.17) is 0 Å². The Morgan fingerprint density at radius 2 is 1.81 bits per heavy atom. The van der Waals surface area contributed by atoms with Crippen molar-refractivity contribution in [3.05, 3.63) is 59.7 Å². The average Bonchev–Trinajstić information content (AvgIpc) is 2.73. The summed E-state index contributed by atoms with van der Waals surface area (Å²) in [6, 6.07) is 15.3. The van der Waals surface area contributed by atoms with Crippen LogP contribution in [0.5, 0.6) is 0 Å². The molecule has 0 bridgehead atoms. The van der Waals surface area contributed by atoms with Gasteiger partial charge in [-0.15, -0.1) is 0 Å². The predicted octanol–water partition coefficient (Wildman–Crippen LogP) is 3.58. The largest absolute Gasteiger partial charge is 0.377 e. The summed E-state index contributed by atoms with van der Waals surface area (Å²) >= 11 is 0. The molecule has 1 aliphatic rings. The standard InChI is InChI=1S/C17H19NO2S/c1-2-5-13-8-10-14(11-9-13)18-16-12-21(19,20)17-7-4-3-6-15(16)17/h3-4,6-11,16,18H,2,5,12H2,1H3. The lowest BCUT2D eigenvalue weighted by Crippen LogP contribution is -2.12. The molecule has 2 aromatic rings. The number of hydrogen-bond donors (Lipinski definition) is 1. The number of benzene rings is 2. The monoisotopic (exact) mass is 301 g/mol. The van der Waals surface area contributed by atoms with E-state index in [0.717, 1.165) is 24.1 Å². The number of aryl methyl sites for hydroxylation is 1. The van der Waals surface area contributed by atoms with Gasteiger partial charge in [0.05, 0.1) is 16.7 Å². The Hall–Kier alpha value is -1.81. The molecule has 1 unspecified atom stereocenters. The van der Waals surface area contributed by atoms with Gasteiger partial charge in [0.1, 0.15) is 0 Å². The van der Waals surface area contributed by atoms with Gasteiger partial charge in [0.2, 0.25) is 0 Å². The first kappa shape index (κ1) is 14.1. The van der Waals surface area contributed by atoms with Crippen LogP contribution in [0.4, 0.5) is 5.69 Å². The fourth-order valence-corrected chi connectivity index (χ4v) is 4.56. The smallest absolute Gasteiger partial charge is 0.181 e. The molecule has 1 heterocycles. The molecule has 110 valence electrons. The zero-order valence-corrected chi connectivity index (χ0v) is 12.9. The van der Waals surface area contributed by atoms with Crippen LogP contribution in [0.25, 0.3) is 0 Å². The molecule has 0 aliphatic carbocycles. The molecular formula is C17H19NO2S. The Morgan fingerprint density at radius 1 is 1.10 bits per heavy atom. The number of hydrogen-bond acceptors (Lipinski definition) is 3. The zero-order chi connectivity index (χ0) is 14.9. The molecule has 3 rings (SSSR count). The summed E-state index contributed by atoms with van der Waals surface area (Å²) in [5.74, 6) is 0.128. The highest BCUT2D eigenvalue weighted by Crippen LogP contribution is 2.35. The first-order valence-corrected chi connectivity index (χ1v) is 8.92. The molecule has 0 spiro atoms. The van der Waals surface area contributed by atoms with Crippen LogP contribution >= 0.6 is 0 Å². The van der Waals surface area contributed by atoms with Crippen LogP contribution in [0.15, 0.2) is 53.4 Å². The van der Waals surface area contributed by atoms with Crippen LogP contribution in [0.2, 0.25) is 0 Å². The molecule has 2 aromatic carbocycles. The predicted molar refractivity (Wildman–Crippen MR) is 85.3 cm³/mol. The molecule has 0 amide bonds.